The van der Waals surface area contributed by atoms with E-state index in [2.05, 4.69) is 30.5 Å². The minimum Gasteiger partial charge on any atom is -0.349 e. The first-order chi connectivity index (χ1) is 11.6. The number of carbonyl (C=O) groups is 1. The monoisotopic (exact) mass is 363 g/mol. The first-order valence-electron chi connectivity index (χ1n) is 8.92. The maximum absolute atomic E-state index is 12.8. The van der Waals surface area contributed by atoms with E-state index in [-0.39, 0.29) is 28.5 Å². The normalized spacial score (nSPS) is 37.3. The van der Waals surface area contributed by atoms with Crippen molar-refractivity contribution < 1.29 is 13.2 Å². The minimum atomic E-state index is -3.37. The highest BCUT2D eigenvalue weighted by Gasteiger charge is 2.61. The molecule has 2 saturated carbocycles. The summed E-state index contributed by atoms with van der Waals surface area (Å²) in [6.45, 7) is 7.29. The number of carbonyl (C=O) groups excluding carboxylic acids is 1. The molecule has 1 amide bonds. The summed E-state index contributed by atoms with van der Waals surface area (Å²) in [4.78, 5) is 14.5. The molecule has 0 spiro atoms. The lowest BCUT2D eigenvalue weighted by Gasteiger charge is -2.39. The molecule has 2 fully saturated rings. The number of rotatable bonds is 2. The number of hydrogen-bond donors (Lipinski definition) is 1. The van der Waals surface area contributed by atoms with Crippen LogP contribution in [-0.2, 0) is 14.8 Å². The van der Waals surface area contributed by atoms with E-state index in [1.807, 2.05) is 0 Å². The fraction of sp³-hybridized carbons (Fsp3) is 0.667. The molecular weight excluding hydrogens is 338 g/mol. The predicted octanol–water partition coefficient (Wildman–Crippen LogP) is 1.81. The molecule has 2 bridgehead atoms. The molecular formula is C18H25N3O3S. The van der Waals surface area contributed by atoms with Gasteiger partial charge in [-0.05, 0) is 48.2 Å². The van der Waals surface area contributed by atoms with Crippen LogP contribution in [-0.4, -0.2) is 43.4 Å². The van der Waals surface area contributed by atoms with Crippen LogP contribution in [0.25, 0.3) is 0 Å². The van der Waals surface area contributed by atoms with Crippen molar-refractivity contribution in [3.05, 3.63) is 23.9 Å². The largest absolute Gasteiger partial charge is 0.349 e. The zero-order chi connectivity index (χ0) is 18.0. The molecule has 136 valence electrons. The van der Waals surface area contributed by atoms with Crippen LogP contribution in [0.5, 0.6) is 0 Å². The summed E-state index contributed by atoms with van der Waals surface area (Å²) in [7, 11) is -3.37. The highest BCUT2D eigenvalue weighted by Crippen LogP contribution is 2.65. The van der Waals surface area contributed by atoms with Gasteiger partial charge in [0, 0.05) is 18.8 Å². The Morgan fingerprint density at radius 3 is 2.72 bits per heavy atom. The van der Waals surface area contributed by atoms with Crippen molar-refractivity contribution in [3.63, 3.8) is 0 Å². The molecule has 2 aliphatic heterocycles. The highest BCUT2D eigenvalue weighted by molar-refractivity contribution is 7.90. The van der Waals surface area contributed by atoms with Crippen LogP contribution in [0, 0.1) is 16.7 Å². The molecule has 4 aliphatic rings. The lowest BCUT2D eigenvalue weighted by atomic mass is 9.69. The van der Waals surface area contributed by atoms with E-state index in [9.17, 15) is 13.2 Å². The van der Waals surface area contributed by atoms with Gasteiger partial charge in [-0.2, -0.15) is 0 Å². The number of amidine groups is 1. The second-order valence-corrected chi connectivity index (χ2v) is 10.2. The van der Waals surface area contributed by atoms with Crippen molar-refractivity contribution >= 4 is 21.8 Å². The molecule has 2 aliphatic carbocycles. The SMILES string of the molecule is CC1(C)[C@H]2CC[C@@]1(C)[C@@H](NC(=O)C1=CN3CCS(=O)(=O)N=C3C=C1)C2. The Labute approximate surface area is 149 Å². The third-order valence-corrected chi connectivity index (χ3v) is 8.35. The summed E-state index contributed by atoms with van der Waals surface area (Å²) >= 11 is 0. The van der Waals surface area contributed by atoms with E-state index in [1.54, 1.807) is 23.3 Å². The number of amides is 1. The van der Waals surface area contributed by atoms with Gasteiger partial charge in [-0.1, -0.05) is 20.8 Å². The number of hydrogen-bond acceptors (Lipinski definition) is 4. The highest BCUT2D eigenvalue weighted by atomic mass is 32.2. The second kappa shape index (κ2) is 5.19. The maximum atomic E-state index is 12.8. The number of nitrogens with one attached hydrogen (secondary N) is 1. The first kappa shape index (κ1) is 16.8. The Bertz CT molecular complexity index is 825. The summed E-state index contributed by atoms with van der Waals surface area (Å²) in [5.41, 5.74) is 0.948. The third kappa shape index (κ3) is 2.46. The number of sulfonamides is 1. The van der Waals surface area contributed by atoms with Crippen molar-refractivity contribution in [2.24, 2.45) is 21.1 Å². The molecule has 0 aromatic heterocycles. The van der Waals surface area contributed by atoms with E-state index >= 15 is 0 Å². The van der Waals surface area contributed by atoms with Gasteiger partial charge in [0.2, 0.25) is 0 Å². The fourth-order valence-electron chi connectivity index (χ4n) is 5.00. The minimum absolute atomic E-state index is 0.0215. The maximum Gasteiger partial charge on any atom is 0.256 e. The van der Waals surface area contributed by atoms with Gasteiger partial charge in [0.1, 0.15) is 5.84 Å². The van der Waals surface area contributed by atoms with Crippen LogP contribution < -0.4 is 5.32 Å². The molecule has 0 aromatic carbocycles. The van der Waals surface area contributed by atoms with E-state index in [0.717, 1.165) is 12.8 Å². The summed E-state index contributed by atoms with van der Waals surface area (Å²) in [6, 6.07) is 0.194. The molecule has 2 heterocycles. The van der Waals surface area contributed by atoms with Crippen LogP contribution >= 0.6 is 0 Å². The van der Waals surface area contributed by atoms with Gasteiger partial charge in [0.05, 0.1) is 11.3 Å². The zero-order valence-corrected chi connectivity index (χ0v) is 15.8. The van der Waals surface area contributed by atoms with E-state index in [1.165, 1.54) is 6.42 Å². The van der Waals surface area contributed by atoms with Crippen molar-refractivity contribution in [1.82, 2.24) is 10.2 Å². The molecule has 25 heavy (non-hydrogen) atoms. The molecule has 0 aromatic rings. The van der Waals surface area contributed by atoms with Crippen LogP contribution in [0.2, 0.25) is 0 Å². The van der Waals surface area contributed by atoms with Crippen molar-refractivity contribution in [1.29, 1.82) is 0 Å². The molecule has 6 nitrogen and oxygen atoms in total. The molecule has 0 radical (unpaired) electrons. The van der Waals surface area contributed by atoms with Crippen molar-refractivity contribution in [3.8, 4) is 0 Å². The molecule has 0 saturated heterocycles. The average Bonchev–Trinajstić information content (AvgIpc) is 2.87. The van der Waals surface area contributed by atoms with Crippen LogP contribution in [0.1, 0.15) is 40.0 Å². The van der Waals surface area contributed by atoms with Gasteiger partial charge in [-0.15, -0.1) is 4.40 Å². The summed E-state index contributed by atoms with van der Waals surface area (Å²) in [5, 5.41) is 3.24. The third-order valence-electron chi connectivity index (χ3n) is 7.19. The van der Waals surface area contributed by atoms with Crippen molar-refractivity contribution in [2.75, 3.05) is 12.3 Å². The van der Waals surface area contributed by atoms with Crippen molar-refractivity contribution in [2.45, 2.75) is 46.1 Å². The quantitative estimate of drug-likeness (QED) is 0.812. The summed E-state index contributed by atoms with van der Waals surface area (Å²) < 4.78 is 26.9. The Hall–Kier alpha value is -1.63. The lowest BCUT2D eigenvalue weighted by molar-refractivity contribution is -0.119. The summed E-state index contributed by atoms with van der Waals surface area (Å²) in [5.74, 6) is 0.950. The number of nitrogens with zero attached hydrogens (tertiary/aromatic N) is 2. The van der Waals surface area contributed by atoms with Gasteiger partial charge in [-0.25, -0.2) is 8.42 Å². The van der Waals surface area contributed by atoms with Crippen LogP contribution in [0.4, 0.5) is 0 Å². The molecule has 0 unspecified atom stereocenters. The average molecular weight is 363 g/mol. The second-order valence-electron chi connectivity index (χ2n) is 8.48. The predicted molar refractivity (Wildman–Crippen MR) is 96.3 cm³/mol. The van der Waals surface area contributed by atoms with E-state index in [0.29, 0.717) is 23.9 Å². The smallest absolute Gasteiger partial charge is 0.256 e. The lowest BCUT2D eigenvalue weighted by Crippen LogP contribution is -2.47. The van der Waals surface area contributed by atoms with Gasteiger partial charge >= 0.3 is 0 Å². The van der Waals surface area contributed by atoms with E-state index < -0.39 is 10.0 Å². The summed E-state index contributed by atoms with van der Waals surface area (Å²) in [6.07, 6.45) is 8.43. The molecule has 1 N–H and O–H groups in total. The Balaban J connectivity index is 1.51. The van der Waals surface area contributed by atoms with Gasteiger partial charge in [-0.3, -0.25) is 4.79 Å². The topological polar surface area (TPSA) is 78.8 Å². The zero-order valence-electron chi connectivity index (χ0n) is 14.9. The van der Waals surface area contributed by atoms with Gasteiger partial charge < -0.3 is 10.2 Å². The van der Waals surface area contributed by atoms with Gasteiger partial charge in [0.15, 0.2) is 0 Å². The van der Waals surface area contributed by atoms with Gasteiger partial charge in [0.25, 0.3) is 15.9 Å². The first-order valence-corrected chi connectivity index (χ1v) is 10.5. The molecule has 3 atom stereocenters. The van der Waals surface area contributed by atoms with Crippen LogP contribution in [0.3, 0.4) is 0 Å². The Kier molecular flexibility index (Phi) is 3.49. The molecule has 7 heteroatoms. The van der Waals surface area contributed by atoms with Crippen LogP contribution in [0.15, 0.2) is 28.3 Å². The Morgan fingerprint density at radius 1 is 1.32 bits per heavy atom. The number of fused-ring (bicyclic) bond motifs is 3. The van der Waals surface area contributed by atoms with E-state index in [4.69, 9.17) is 0 Å². The standard InChI is InChI=1S/C18H25N3O3S/c1-17(2)13-6-7-18(17,3)14(10-13)19-16(22)12-4-5-15-20-25(23,24)9-8-21(15)11-12/h4-5,11,13-14H,6-10H2,1-3H3,(H,19,22)/t13-,14-,18-/m0/s1. The molecule has 4 rings (SSSR count). The Morgan fingerprint density at radius 2 is 2.08 bits per heavy atom. The fourth-order valence-corrected chi connectivity index (χ4v) is 5.97.